The average Bonchev–Trinajstić information content (AvgIpc) is 2.51. The summed E-state index contributed by atoms with van der Waals surface area (Å²) in [4.78, 5) is 10.5. The first-order chi connectivity index (χ1) is 6.15. The van der Waals surface area contributed by atoms with E-state index in [2.05, 4.69) is 10.2 Å². The Bertz CT molecular complexity index is 295. The molecule has 0 saturated carbocycles. The summed E-state index contributed by atoms with van der Waals surface area (Å²) in [6.45, 7) is 1.98. The fraction of sp³-hybridized carbons (Fsp3) is 0.500. The van der Waals surface area contributed by atoms with Crippen molar-refractivity contribution in [1.29, 1.82) is 0 Å². The summed E-state index contributed by atoms with van der Waals surface area (Å²) in [7, 11) is 0. The number of hydrogen-bond donors (Lipinski definition) is 3. The van der Waals surface area contributed by atoms with Gasteiger partial charge in [-0.3, -0.25) is 9.89 Å². The third-order valence-electron chi connectivity index (χ3n) is 1.92. The van der Waals surface area contributed by atoms with Crippen molar-refractivity contribution < 1.29 is 9.90 Å². The zero-order valence-corrected chi connectivity index (χ0v) is 7.45. The normalized spacial score (nSPS) is 12.8. The zero-order chi connectivity index (χ0) is 9.84. The lowest BCUT2D eigenvalue weighted by Gasteiger charge is -2.05. The fourth-order valence-electron chi connectivity index (χ4n) is 1.14. The maximum atomic E-state index is 10.5. The second-order valence-corrected chi connectivity index (χ2v) is 2.88. The van der Waals surface area contributed by atoms with E-state index < -0.39 is 12.0 Å². The SMILES string of the molecule is CCc1[nH]ncc1CC(N)C(=O)O. The van der Waals surface area contributed by atoms with Crippen LogP contribution in [0.25, 0.3) is 0 Å². The monoisotopic (exact) mass is 183 g/mol. The summed E-state index contributed by atoms with van der Waals surface area (Å²) >= 11 is 0. The Balaban J connectivity index is 2.68. The number of H-pyrrole nitrogens is 1. The number of nitrogens with two attached hydrogens (primary N) is 1. The molecule has 0 spiro atoms. The van der Waals surface area contributed by atoms with Gasteiger partial charge in [0.15, 0.2) is 0 Å². The van der Waals surface area contributed by atoms with Crippen LogP contribution >= 0.6 is 0 Å². The number of hydrogen-bond acceptors (Lipinski definition) is 3. The molecule has 0 amide bonds. The van der Waals surface area contributed by atoms with Crippen LogP contribution in [0.5, 0.6) is 0 Å². The lowest BCUT2D eigenvalue weighted by molar-refractivity contribution is -0.138. The third-order valence-corrected chi connectivity index (χ3v) is 1.92. The number of carboxylic acids is 1. The van der Waals surface area contributed by atoms with E-state index >= 15 is 0 Å². The first-order valence-electron chi connectivity index (χ1n) is 4.14. The van der Waals surface area contributed by atoms with Gasteiger partial charge in [-0.2, -0.15) is 5.10 Å². The highest BCUT2D eigenvalue weighted by Crippen LogP contribution is 2.07. The van der Waals surface area contributed by atoms with Crippen molar-refractivity contribution in [3.05, 3.63) is 17.5 Å². The standard InChI is InChI=1S/C8H13N3O2/c1-2-7-5(4-10-11-7)3-6(9)8(12)13/h4,6H,2-3,9H2,1H3,(H,10,11)(H,12,13). The first kappa shape index (κ1) is 9.73. The molecule has 13 heavy (non-hydrogen) atoms. The van der Waals surface area contributed by atoms with E-state index in [1.165, 1.54) is 0 Å². The van der Waals surface area contributed by atoms with Crippen molar-refractivity contribution in [3.63, 3.8) is 0 Å². The minimum Gasteiger partial charge on any atom is -0.480 e. The fourth-order valence-corrected chi connectivity index (χ4v) is 1.14. The van der Waals surface area contributed by atoms with Crippen molar-refractivity contribution in [2.75, 3.05) is 0 Å². The van der Waals surface area contributed by atoms with E-state index in [9.17, 15) is 4.79 Å². The summed E-state index contributed by atoms with van der Waals surface area (Å²) in [6, 6.07) is -0.845. The molecule has 0 aliphatic carbocycles. The molecule has 5 nitrogen and oxygen atoms in total. The van der Waals surface area contributed by atoms with Gasteiger partial charge in [0.25, 0.3) is 0 Å². The second kappa shape index (κ2) is 4.04. The van der Waals surface area contributed by atoms with Gasteiger partial charge in [0.05, 0.1) is 6.20 Å². The maximum absolute atomic E-state index is 10.5. The highest BCUT2D eigenvalue weighted by atomic mass is 16.4. The number of aryl methyl sites for hydroxylation is 1. The Morgan fingerprint density at radius 2 is 2.54 bits per heavy atom. The second-order valence-electron chi connectivity index (χ2n) is 2.88. The molecule has 0 fully saturated rings. The molecule has 4 N–H and O–H groups in total. The number of aromatic amines is 1. The molecule has 0 aliphatic heterocycles. The predicted octanol–water partition coefficient (Wildman–Crippen LogP) is -0.0735. The van der Waals surface area contributed by atoms with Crippen LogP contribution in [0, 0.1) is 0 Å². The predicted molar refractivity (Wildman–Crippen MR) is 47.3 cm³/mol. The maximum Gasteiger partial charge on any atom is 0.320 e. The summed E-state index contributed by atoms with van der Waals surface area (Å²) in [5.41, 5.74) is 7.23. The number of aliphatic carboxylic acids is 1. The van der Waals surface area contributed by atoms with Gasteiger partial charge in [0.1, 0.15) is 6.04 Å². The lowest BCUT2D eigenvalue weighted by Crippen LogP contribution is -2.32. The summed E-state index contributed by atoms with van der Waals surface area (Å²) in [5, 5.41) is 15.2. The van der Waals surface area contributed by atoms with E-state index in [1.54, 1.807) is 6.20 Å². The third kappa shape index (κ3) is 2.29. The molecule has 1 unspecified atom stereocenters. The van der Waals surface area contributed by atoms with Crippen LogP contribution < -0.4 is 5.73 Å². The molecule has 5 heteroatoms. The molecule has 0 bridgehead atoms. The van der Waals surface area contributed by atoms with Gasteiger partial charge in [-0.05, 0) is 12.0 Å². The van der Waals surface area contributed by atoms with Crippen molar-refractivity contribution in [2.45, 2.75) is 25.8 Å². The molecule has 0 saturated heterocycles. The molecular weight excluding hydrogens is 170 g/mol. The van der Waals surface area contributed by atoms with Crippen LogP contribution in [0.1, 0.15) is 18.2 Å². The first-order valence-corrected chi connectivity index (χ1v) is 4.14. The number of nitrogens with one attached hydrogen (secondary N) is 1. The Morgan fingerprint density at radius 3 is 3.08 bits per heavy atom. The number of aromatic nitrogens is 2. The summed E-state index contributed by atoms with van der Waals surface area (Å²) in [6.07, 6.45) is 2.76. The molecule has 0 radical (unpaired) electrons. The molecule has 1 heterocycles. The van der Waals surface area contributed by atoms with E-state index in [0.717, 1.165) is 17.7 Å². The minimum atomic E-state index is -0.983. The Morgan fingerprint density at radius 1 is 1.85 bits per heavy atom. The minimum absolute atomic E-state index is 0.328. The quantitative estimate of drug-likeness (QED) is 0.609. The molecule has 1 rings (SSSR count). The molecule has 0 aliphatic rings. The molecular formula is C8H13N3O2. The van der Waals surface area contributed by atoms with E-state index in [-0.39, 0.29) is 0 Å². The molecule has 1 aromatic rings. The van der Waals surface area contributed by atoms with E-state index in [1.807, 2.05) is 6.92 Å². The van der Waals surface area contributed by atoms with Gasteiger partial charge < -0.3 is 10.8 Å². The molecule has 1 atom stereocenters. The van der Waals surface area contributed by atoms with Crippen molar-refractivity contribution >= 4 is 5.97 Å². The van der Waals surface area contributed by atoms with Gasteiger partial charge in [-0.25, -0.2) is 0 Å². The van der Waals surface area contributed by atoms with Crippen molar-refractivity contribution in [1.82, 2.24) is 10.2 Å². The Kier molecular flexibility index (Phi) is 3.02. The lowest BCUT2D eigenvalue weighted by atomic mass is 10.1. The number of carboxylic acid groups (broad SMARTS) is 1. The highest BCUT2D eigenvalue weighted by Gasteiger charge is 2.14. The van der Waals surface area contributed by atoms with Crippen molar-refractivity contribution in [2.24, 2.45) is 5.73 Å². The Hall–Kier alpha value is -1.36. The number of carbonyl (C=O) groups is 1. The van der Waals surface area contributed by atoms with E-state index in [4.69, 9.17) is 10.8 Å². The topological polar surface area (TPSA) is 92.0 Å². The molecule has 72 valence electrons. The smallest absolute Gasteiger partial charge is 0.320 e. The summed E-state index contributed by atoms with van der Waals surface area (Å²) < 4.78 is 0. The summed E-state index contributed by atoms with van der Waals surface area (Å²) in [5.74, 6) is -0.983. The van der Waals surface area contributed by atoms with Gasteiger partial charge in [0, 0.05) is 12.1 Å². The van der Waals surface area contributed by atoms with Crippen LogP contribution in [-0.2, 0) is 17.6 Å². The van der Waals surface area contributed by atoms with Gasteiger partial charge >= 0.3 is 5.97 Å². The van der Waals surface area contributed by atoms with E-state index in [0.29, 0.717) is 6.42 Å². The van der Waals surface area contributed by atoms with Crippen LogP contribution in [-0.4, -0.2) is 27.3 Å². The van der Waals surface area contributed by atoms with Gasteiger partial charge in [-0.15, -0.1) is 0 Å². The highest BCUT2D eigenvalue weighted by molar-refractivity contribution is 5.73. The number of nitrogens with zero attached hydrogens (tertiary/aromatic N) is 1. The van der Waals surface area contributed by atoms with Crippen LogP contribution in [0.3, 0.4) is 0 Å². The van der Waals surface area contributed by atoms with Crippen LogP contribution in [0.2, 0.25) is 0 Å². The number of rotatable bonds is 4. The van der Waals surface area contributed by atoms with Gasteiger partial charge in [-0.1, -0.05) is 6.92 Å². The largest absolute Gasteiger partial charge is 0.480 e. The average molecular weight is 183 g/mol. The zero-order valence-electron chi connectivity index (χ0n) is 7.45. The Labute approximate surface area is 75.9 Å². The molecule has 0 aromatic carbocycles. The molecule has 1 aromatic heterocycles. The van der Waals surface area contributed by atoms with Crippen LogP contribution in [0.4, 0.5) is 0 Å². The van der Waals surface area contributed by atoms with Crippen molar-refractivity contribution in [3.8, 4) is 0 Å². The van der Waals surface area contributed by atoms with Crippen LogP contribution in [0.15, 0.2) is 6.20 Å². The van der Waals surface area contributed by atoms with Gasteiger partial charge in [0.2, 0.25) is 0 Å².